The van der Waals surface area contributed by atoms with Crippen LogP contribution in [-0.4, -0.2) is 12.4 Å². The molecule has 2 nitrogen and oxygen atoms in total. The van der Waals surface area contributed by atoms with E-state index < -0.39 is 0 Å². The van der Waals surface area contributed by atoms with Crippen LogP contribution in [0.1, 0.15) is 28.4 Å². The fourth-order valence-electron chi connectivity index (χ4n) is 1.85. The third-order valence-corrected chi connectivity index (χ3v) is 3.03. The molecule has 0 N–H and O–H groups in total. The Morgan fingerprint density at radius 2 is 1.63 bits per heavy atom. The first-order valence-corrected chi connectivity index (χ1v) is 6.53. The molecule has 0 aliphatic carbocycles. The lowest BCUT2D eigenvalue weighted by Gasteiger charge is -2.04. The molecule has 19 heavy (non-hydrogen) atoms. The molecule has 0 saturated heterocycles. The van der Waals surface area contributed by atoms with Crippen LogP contribution in [0.5, 0.6) is 0 Å². The van der Waals surface area contributed by atoms with E-state index in [-0.39, 0.29) is 12.4 Å². The van der Waals surface area contributed by atoms with E-state index in [9.17, 15) is 4.79 Å². The van der Waals surface area contributed by atoms with E-state index in [1.54, 1.807) is 0 Å². The van der Waals surface area contributed by atoms with E-state index in [1.165, 1.54) is 5.56 Å². The van der Waals surface area contributed by atoms with Gasteiger partial charge in [0.2, 0.25) is 0 Å². The van der Waals surface area contributed by atoms with Gasteiger partial charge in [-0.25, -0.2) is 0 Å². The molecule has 0 bridgehead atoms. The van der Waals surface area contributed by atoms with E-state index in [2.05, 4.69) is 6.92 Å². The number of ether oxygens (including phenoxy) is 1. The third kappa shape index (κ3) is 4.04. The summed E-state index contributed by atoms with van der Waals surface area (Å²) >= 11 is 0. The number of carbonyl (C=O) groups excluding carboxylic acids is 1. The van der Waals surface area contributed by atoms with Gasteiger partial charge in [0.15, 0.2) is 5.78 Å². The SMILES string of the molecule is CCc1ccc(C(=O)COCc2ccccc2)cc1. The second-order valence-corrected chi connectivity index (χ2v) is 4.45. The average Bonchev–Trinajstić information content (AvgIpc) is 2.48. The van der Waals surface area contributed by atoms with Crippen LogP contribution >= 0.6 is 0 Å². The number of aryl methyl sites for hydroxylation is 1. The molecule has 0 unspecified atom stereocenters. The highest BCUT2D eigenvalue weighted by atomic mass is 16.5. The minimum absolute atomic E-state index is 0.0265. The van der Waals surface area contributed by atoms with Crippen molar-refractivity contribution in [2.45, 2.75) is 20.0 Å². The first-order valence-electron chi connectivity index (χ1n) is 6.53. The van der Waals surface area contributed by atoms with Crippen LogP contribution in [0.2, 0.25) is 0 Å². The third-order valence-electron chi connectivity index (χ3n) is 3.03. The maximum absolute atomic E-state index is 11.9. The Kier molecular flexibility index (Phi) is 4.87. The molecule has 0 aliphatic heterocycles. The van der Waals surface area contributed by atoms with Crippen molar-refractivity contribution in [3.63, 3.8) is 0 Å². The zero-order valence-electron chi connectivity index (χ0n) is 11.1. The first kappa shape index (κ1) is 13.5. The number of hydrogen-bond acceptors (Lipinski definition) is 2. The molecule has 98 valence electrons. The predicted molar refractivity (Wildman–Crippen MR) is 76.2 cm³/mol. The van der Waals surface area contributed by atoms with Crippen LogP contribution in [0.25, 0.3) is 0 Å². The monoisotopic (exact) mass is 254 g/mol. The minimum atomic E-state index is 0.0265. The fraction of sp³-hybridized carbons (Fsp3) is 0.235. The van der Waals surface area contributed by atoms with Crippen molar-refractivity contribution >= 4 is 5.78 Å². The molecule has 2 aromatic rings. The van der Waals surface area contributed by atoms with Crippen LogP contribution < -0.4 is 0 Å². The molecular weight excluding hydrogens is 236 g/mol. The summed E-state index contributed by atoms with van der Waals surface area (Å²) in [7, 11) is 0. The van der Waals surface area contributed by atoms with Gasteiger partial charge >= 0.3 is 0 Å². The van der Waals surface area contributed by atoms with Gasteiger partial charge in [-0.1, -0.05) is 61.5 Å². The topological polar surface area (TPSA) is 26.3 Å². The van der Waals surface area contributed by atoms with Crippen molar-refractivity contribution in [1.29, 1.82) is 0 Å². The number of benzene rings is 2. The van der Waals surface area contributed by atoms with Crippen molar-refractivity contribution in [3.8, 4) is 0 Å². The van der Waals surface area contributed by atoms with Crippen molar-refractivity contribution in [3.05, 3.63) is 71.3 Å². The summed E-state index contributed by atoms with van der Waals surface area (Å²) in [6, 6.07) is 17.6. The number of Topliss-reactive ketones (excluding diaryl/α,β-unsaturated/α-hetero) is 1. The fourth-order valence-corrected chi connectivity index (χ4v) is 1.85. The number of carbonyl (C=O) groups is 1. The Labute approximate surface area is 114 Å². The smallest absolute Gasteiger partial charge is 0.188 e. The minimum Gasteiger partial charge on any atom is -0.369 e. The molecule has 2 aromatic carbocycles. The van der Waals surface area contributed by atoms with Gasteiger partial charge in [0.1, 0.15) is 6.61 Å². The van der Waals surface area contributed by atoms with E-state index in [0.29, 0.717) is 12.2 Å². The highest BCUT2D eigenvalue weighted by molar-refractivity contribution is 5.97. The van der Waals surface area contributed by atoms with E-state index in [0.717, 1.165) is 12.0 Å². The Morgan fingerprint density at radius 1 is 0.947 bits per heavy atom. The number of rotatable bonds is 6. The molecule has 0 saturated carbocycles. The van der Waals surface area contributed by atoms with Gasteiger partial charge in [0.05, 0.1) is 6.61 Å². The molecular formula is C17H18O2. The summed E-state index contributed by atoms with van der Waals surface area (Å²) in [6.45, 7) is 2.69. The normalized spacial score (nSPS) is 10.4. The van der Waals surface area contributed by atoms with Crippen LogP contribution in [0.15, 0.2) is 54.6 Å². The molecule has 0 radical (unpaired) electrons. The lowest BCUT2D eigenvalue weighted by molar-refractivity contribution is 0.0726. The van der Waals surface area contributed by atoms with Gasteiger partial charge in [-0.15, -0.1) is 0 Å². The van der Waals surface area contributed by atoms with E-state index >= 15 is 0 Å². The van der Waals surface area contributed by atoms with E-state index in [1.807, 2.05) is 54.6 Å². The second-order valence-electron chi connectivity index (χ2n) is 4.45. The maximum Gasteiger partial charge on any atom is 0.188 e. The van der Waals surface area contributed by atoms with Crippen molar-refractivity contribution in [2.75, 3.05) is 6.61 Å². The second kappa shape index (κ2) is 6.86. The Balaban J connectivity index is 1.84. The van der Waals surface area contributed by atoms with Gasteiger partial charge < -0.3 is 4.74 Å². The van der Waals surface area contributed by atoms with Gasteiger partial charge in [-0.05, 0) is 17.5 Å². The van der Waals surface area contributed by atoms with Gasteiger partial charge in [-0.2, -0.15) is 0 Å². The zero-order chi connectivity index (χ0) is 13.5. The standard InChI is InChI=1S/C17H18O2/c1-2-14-8-10-16(11-9-14)17(18)13-19-12-15-6-4-3-5-7-15/h3-11H,2,12-13H2,1H3. The largest absolute Gasteiger partial charge is 0.369 e. The van der Waals surface area contributed by atoms with Gasteiger partial charge in [0.25, 0.3) is 0 Å². The molecule has 0 atom stereocenters. The molecule has 0 aromatic heterocycles. The zero-order valence-corrected chi connectivity index (χ0v) is 11.1. The van der Waals surface area contributed by atoms with E-state index in [4.69, 9.17) is 4.74 Å². The highest BCUT2D eigenvalue weighted by Gasteiger charge is 2.05. The summed E-state index contributed by atoms with van der Waals surface area (Å²) in [6.07, 6.45) is 0.985. The molecule has 0 aliphatic rings. The highest BCUT2D eigenvalue weighted by Crippen LogP contribution is 2.07. The quantitative estimate of drug-likeness (QED) is 0.735. The van der Waals surface area contributed by atoms with Gasteiger partial charge in [-0.3, -0.25) is 4.79 Å². The maximum atomic E-state index is 11.9. The summed E-state index contributed by atoms with van der Waals surface area (Å²) in [5.74, 6) is 0.0265. The first-order chi connectivity index (χ1) is 9.29. The summed E-state index contributed by atoms with van der Waals surface area (Å²) in [4.78, 5) is 11.9. The predicted octanol–water partition coefficient (Wildman–Crippen LogP) is 3.65. The molecule has 2 rings (SSSR count). The molecule has 0 spiro atoms. The molecule has 0 amide bonds. The van der Waals surface area contributed by atoms with Crippen molar-refractivity contribution in [1.82, 2.24) is 0 Å². The molecule has 2 heteroatoms. The summed E-state index contributed by atoms with van der Waals surface area (Å²) in [5.41, 5.74) is 3.03. The number of ketones is 1. The lowest BCUT2D eigenvalue weighted by Crippen LogP contribution is -2.09. The van der Waals surface area contributed by atoms with Crippen molar-refractivity contribution in [2.24, 2.45) is 0 Å². The lowest BCUT2D eigenvalue weighted by atomic mass is 10.1. The summed E-state index contributed by atoms with van der Waals surface area (Å²) in [5, 5.41) is 0. The molecule has 0 fully saturated rings. The average molecular weight is 254 g/mol. The number of hydrogen-bond donors (Lipinski definition) is 0. The Morgan fingerprint density at radius 3 is 2.26 bits per heavy atom. The Hall–Kier alpha value is -1.93. The van der Waals surface area contributed by atoms with Crippen LogP contribution in [0, 0.1) is 0 Å². The van der Waals surface area contributed by atoms with Crippen LogP contribution in [0.3, 0.4) is 0 Å². The van der Waals surface area contributed by atoms with Crippen LogP contribution in [0.4, 0.5) is 0 Å². The molecule has 0 heterocycles. The van der Waals surface area contributed by atoms with Crippen molar-refractivity contribution < 1.29 is 9.53 Å². The van der Waals surface area contributed by atoms with Crippen LogP contribution in [-0.2, 0) is 17.8 Å². The summed E-state index contributed by atoms with van der Waals surface area (Å²) < 4.78 is 5.44. The van der Waals surface area contributed by atoms with Gasteiger partial charge in [0, 0.05) is 5.56 Å². The Bertz CT molecular complexity index is 515.